The van der Waals surface area contributed by atoms with Crippen LogP contribution in [0.5, 0.6) is 0 Å². The van der Waals surface area contributed by atoms with E-state index in [9.17, 15) is 0 Å². The van der Waals surface area contributed by atoms with Crippen molar-refractivity contribution >= 4 is 5.69 Å². The van der Waals surface area contributed by atoms with Gasteiger partial charge in [0, 0.05) is 45.0 Å². The average Bonchev–Trinajstić information content (AvgIpc) is 2.67. The molecular formula is C23H33N3O. The molecule has 0 bridgehead atoms. The highest BCUT2D eigenvalue weighted by atomic mass is 16.5. The van der Waals surface area contributed by atoms with Crippen LogP contribution < -0.4 is 4.90 Å². The van der Waals surface area contributed by atoms with Crippen LogP contribution in [0.2, 0.25) is 0 Å². The van der Waals surface area contributed by atoms with Gasteiger partial charge in [-0.2, -0.15) is 0 Å². The van der Waals surface area contributed by atoms with E-state index >= 15 is 0 Å². The van der Waals surface area contributed by atoms with E-state index < -0.39 is 0 Å². The van der Waals surface area contributed by atoms with E-state index in [1.165, 1.54) is 22.4 Å². The summed E-state index contributed by atoms with van der Waals surface area (Å²) in [4.78, 5) is 7.29. The zero-order valence-electron chi connectivity index (χ0n) is 17.0. The summed E-state index contributed by atoms with van der Waals surface area (Å²) in [6.45, 7) is 9.83. The standard InChI is InChI=1S/C23H33N3O/c1-20-7-6-8-21(17-20)18-25(12-11-24(2)3)19-22-9-4-5-10-23(22)26-13-15-27-16-14-26/h4-10,17H,11-16,18-19H2,1-3H3. The van der Waals surface area contributed by atoms with Gasteiger partial charge < -0.3 is 14.5 Å². The summed E-state index contributed by atoms with van der Waals surface area (Å²) in [5.74, 6) is 0. The molecule has 3 rings (SSSR count). The van der Waals surface area contributed by atoms with Crippen molar-refractivity contribution in [2.75, 3.05) is 58.4 Å². The lowest BCUT2D eigenvalue weighted by Gasteiger charge is -2.32. The second-order valence-electron chi connectivity index (χ2n) is 7.73. The Labute approximate surface area is 164 Å². The van der Waals surface area contributed by atoms with Crippen molar-refractivity contribution in [2.45, 2.75) is 20.0 Å². The van der Waals surface area contributed by atoms with Gasteiger partial charge in [0.05, 0.1) is 13.2 Å². The fraction of sp³-hybridized carbons (Fsp3) is 0.478. The summed E-state index contributed by atoms with van der Waals surface area (Å²) >= 11 is 0. The molecule has 0 spiro atoms. The topological polar surface area (TPSA) is 19.0 Å². The molecule has 2 aromatic rings. The number of benzene rings is 2. The van der Waals surface area contributed by atoms with Gasteiger partial charge in [0.15, 0.2) is 0 Å². The molecule has 146 valence electrons. The SMILES string of the molecule is Cc1cccc(CN(CCN(C)C)Cc2ccccc2N2CCOCC2)c1. The van der Waals surface area contributed by atoms with Crippen molar-refractivity contribution < 1.29 is 4.74 Å². The van der Waals surface area contributed by atoms with Crippen LogP contribution in [0.25, 0.3) is 0 Å². The number of nitrogens with zero attached hydrogens (tertiary/aromatic N) is 3. The van der Waals surface area contributed by atoms with Crippen LogP contribution in [0.3, 0.4) is 0 Å². The van der Waals surface area contributed by atoms with Gasteiger partial charge in [0.25, 0.3) is 0 Å². The number of hydrogen-bond donors (Lipinski definition) is 0. The van der Waals surface area contributed by atoms with Crippen molar-refractivity contribution in [3.05, 3.63) is 65.2 Å². The number of anilines is 1. The second-order valence-corrected chi connectivity index (χ2v) is 7.73. The molecule has 4 heteroatoms. The maximum absolute atomic E-state index is 5.54. The zero-order valence-corrected chi connectivity index (χ0v) is 17.0. The monoisotopic (exact) mass is 367 g/mol. The van der Waals surface area contributed by atoms with Gasteiger partial charge in [-0.3, -0.25) is 4.90 Å². The summed E-state index contributed by atoms with van der Waals surface area (Å²) in [5.41, 5.74) is 5.48. The number of aryl methyl sites for hydroxylation is 1. The van der Waals surface area contributed by atoms with E-state index in [0.717, 1.165) is 52.5 Å². The average molecular weight is 368 g/mol. The van der Waals surface area contributed by atoms with E-state index in [0.29, 0.717) is 0 Å². The Kier molecular flexibility index (Phi) is 7.27. The second kappa shape index (κ2) is 9.88. The Morgan fingerprint density at radius 1 is 0.926 bits per heavy atom. The molecule has 1 fully saturated rings. The molecule has 0 unspecified atom stereocenters. The van der Waals surface area contributed by atoms with Gasteiger partial charge in [-0.05, 0) is 38.2 Å². The highest BCUT2D eigenvalue weighted by molar-refractivity contribution is 5.54. The summed E-state index contributed by atoms with van der Waals surface area (Å²) in [7, 11) is 4.29. The third-order valence-corrected chi connectivity index (χ3v) is 5.09. The first-order valence-corrected chi connectivity index (χ1v) is 9.95. The molecule has 4 nitrogen and oxygen atoms in total. The normalized spacial score (nSPS) is 14.9. The van der Waals surface area contributed by atoms with Crippen LogP contribution in [0.15, 0.2) is 48.5 Å². The molecule has 1 aliphatic rings. The highest BCUT2D eigenvalue weighted by Crippen LogP contribution is 2.23. The Hall–Kier alpha value is -1.88. The number of rotatable bonds is 8. The minimum absolute atomic E-state index is 0.821. The van der Waals surface area contributed by atoms with E-state index in [2.05, 4.69) is 84.2 Å². The van der Waals surface area contributed by atoms with E-state index in [1.54, 1.807) is 0 Å². The zero-order chi connectivity index (χ0) is 19.1. The predicted octanol–water partition coefficient (Wildman–Crippen LogP) is 3.40. The fourth-order valence-electron chi connectivity index (χ4n) is 3.62. The molecule has 1 saturated heterocycles. The minimum atomic E-state index is 0.821. The lowest BCUT2D eigenvalue weighted by atomic mass is 10.1. The molecule has 0 atom stereocenters. The molecule has 0 aliphatic carbocycles. The molecule has 0 N–H and O–H groups in total. The number of morpholine rings is 1. The third kappa shape index (κ3) is 6.06. The van der Waals surface area contributed by atoms with Crippen LogP contribution in [0.4, 0.5) is 5.69 Å². The maximum Gasteiger partial charge on any atom is 0.0642 e. The Balaban J connectivity index is 1.76. The number of ether oxygens (including phenoxy) is 1. The van der Waals surface area contributed by atoms with Crippen LogP contribution in [0.1, 0.15) is 16.7 Å². The molecule has 1 aliphatic heterocycles. The van der Waals surface area contributed by atoms with Gasteiger partial charge in [0.1, 0.15) is 0 Å². The Morgan fingerprint density at radius 3 is 2.44 bits per heavy atom. The quantitative estimate of drug-likeness (QED) is 0.712. The van der Waals surface area contributed by atoms with Gasteiger partial charge in [-0.1, -0.05) is 48.0 Å². The first kappa shape index (κ1) is 19.9. The van der Waals surface area contributed by atoms with Crippen LogP contribution in [0, 0.1) is 6.92 Å². The van der Waals surface area contributed by atoms with E-state index in [4.69, 9.17) is 4.74 Å². The van der Waals surface area contributed by atoms with Crippen molar-refractivity contribution in [2.24, 2.45) is 0 Å². The van der Waals surface area contributed by atoms with Gasteiger partial charge >= 0.3 is 0 Å². The largest absolute Gasteiger partial charge is 0.378 e. The molecule has 2 aromatic carbocycles. The lowest BCUT2D eigenvalue weighted by Crippen LogP contribution is -2.37. The number of para-hydroxylation sites is 1. The summed E-state index contributed by atoms with van der Waals surface area (Å²) in [6, 6.07) is 17.7. The molecule has 0 saturated carbocycles. The number of hydrogen-bond acceptors (Lipinski definition) is 4. The Bertz CT molecular complexity index is 710. The summed E-state index contributed by atoms with van der Waals surface area (Å²) in [6.07, 6.45) is 0. The molecular weight excluding hydrogens is 334 g/mol. The van der Waals surface area contributed by atoms with Gasteiger partial charge in [-0.25, -0.2) is 0 Å². The fourth-order valence-corrected chi connectivity index (χ4v) is 3.62. The molecule has 0 amide bonds. The molecule has 1 heterocycles. The minimum Gasteiger partial charge on any atom is -0.378 e. The van der Waals surface area contributed by atoms with Gasteiger partial charge in [-0.15, -0.1) is 0 Å². The molecule has 27 heavy (non-hydrogen) atoms. The van der Waals surface area contributed by atoms with Crippen LogP contribution in [-0.2, 0) is 17.8 Å². The van der Waals surface area contributed by atoms with Crippen LogP contribution >= 0.6 is 0 Å². The van der Waals surface area contributed by atoms with E-state index in [-0.39, 0.29) is 0 Å². The lowest BCUT2D eigenvalue weighted by molar-refractivity contribution is 0.122. The first-order valence-electron chi connectivity index (χ1n) is 9.95. The van der Waals surface area contributed by atoms with Crippen molar-refractivity contribution in [3.8, 4) is 0 Å². The molecule has 0 radical (unpaired) electrons. The maximum atomic E-state index is 5.54. The summed E-state index contributed by atoms with van der Waals surface area (Å²) in [5, 5.41) is 0. The van der Waals surface area contributed by atoms with Crippen LogP contribution in [-0.4, -0.2) is 63.3 Å². The Morgan fingerprint density at radius 2 is 1.70 bits per heavy atom. The smallest absolute Gasteiger partial charge is 0.0642 e. The van der Waals surface area contributed by atoms with E-state index in [1.807, 2.05) is 0 Å². The first-order chi connectivity index (χ1) is 13.1. The van der Waals surface area contributed by atoms with Crippen molar-refractivity contribution in [1.82, 2.24) is 9.80 Å². The predicted molar refractivity (Wildman–Crippen MR) is 113 cm³/mol. The molecule has 0 aromatic heterocycles. The third-order valence-electron chi connectivity index (χ3n) is 5.09. The highest BCUT2D eigenvalue weighted by Gasteiger charge is 2.16. The van der Waals surface area contributed by atoms with Gasteiger partial charge in [0.2, 0.25) is 0 Å². The van der Waals surface area contributed by atoms with Crippen molar-refractivity contribution in [3.63, 3.8) is 0 Å². The summed E-state index contributed by atoms with van der Waals surface area (Å²) < 4.78 is 5.54. The number of likely N-dealkylation sites (N-methyl/N-ethyl adjacent to an activating group) is 1. The van der Waals surface area contributed by atoms with Crippen molar-refractivity contribution in [1.29, 1.82) is 0 Å².